The highest BCUT2D eigenvalue weighted by Gasteiger charge is 2.34. The van der Waals surface area contributed by atoms with Crippen molar-refractivity contribution < 1.29 is 4.52 Å². The molecule has 23 heavy (non-hydrogen) atoms. The van der Waals surface area contributed by atoms with Gasteiger partial charge in [0.05, 0.1) is 11.3 Å². The Bertz CT molecular complexity index is 747. The van der Waals surface area contributed by atoms with Gasteiger partial charge in [0, 0.05) is 37.9 Å². The number of pyridine rings is 1. The van der Waals surface area contributed by atoms with Crippen LogP contribution in [0.15, 0.2) is 23.0 Å². The normalized spacial score (nSPS) is 22.1. The van der Waals surface area contributed by atoms with Crippen molar-refractivity contribution in [1.82, 2.24) is 20.0 Å². The summed E-state index contributed by atoms with van der Waals surface area (Å²) in [5, 5.41) is 13.4. The lowest BCUT2D eigenvalue weighted by atomic mass is 10.1. The molecule has 1 saturated carbocycles. The molecule has 0 bridgehead atoms. The molecule has 0 unspecified atom stereocenters. The first kappa shape index (κ1) is 14.2. The van der Waals surface area contributed by atoms with Crippen molar-refractivity contribution in [1.29, 1.82) is 5.26 Å². The molecule has 1 atom stereocenters. The zero-order valence-corrected chi connectivity index (χ0v) is 13.0. The summed E-state index contributed by atoms with van der Waals surface area (Å²) in [7, 11) is 2.07. The molecule has 0 N–H and O–H groups in total. The maximum absolute atomic E-state index is 9.29. The Morgan fingerprint density at radius 1 is 1.35 bits per heavy atom. The minimum Gasteiger partial charge on any atom is -0.367 e. The SMILES string of the molecule is CN1CCN(c2ccncc2C#N)C[C@@H]1c1nc(C2CC2)no1. The van der Waals surface area contributed by atoms with Crippen LogP contribution in [0.1, 0.15) is 42.1 Å². The van der Waals surface area contributed by atoms with E-state index in [9.17, 15) is 5.26 Å². The second-order valence-electron chi connectivity index (χ2n) is 6.21. The molecule has 7 heteroatoms. The number of nitriles is 1. The van der Waals surface area contributed by atoms with Gasteiger partial charge in [-0.3, -0.25) is 9.88 Å². The first-order chi connectivity index (χ1) is 11.3. The number of piperazine rings is 1. The van der Waals surface area contributed by atoms with Crippen LogP contribution in [0.5, 0.6) is 0 Å². The zero-order valence-electron chi connectivity index (χ0n) is 13.0. The van der Waals surface area contributed by atoms with Crippen molar-refractivity contribution in [2.24, 2.45) is 0 Å². The molecule has 0 aromatic carbocycles. The molecule has 7 nitrogen and oxygen atoms in total. The maximum atomic E-state index is 9.29. The van der Waals surface area contributed by atoms with Gasteiger partial charge in [-0.15, -0.1) is 0 Å². The molecule has 118 valence electrons. The molecule has 1 aliphatic carbocycles. The first-order valence-corrected chi connectivity index (χ1v) is 7.89. The van der Waals surface area contributed by atoms with Crippen molar-refractivity contribution >= 4 is 5.69 Å². The van der Waals surface area contributed by atoms with Crippen LogP contribution in [0.25, 0.3) is 0 Å². The molecule has 1 saturated heterocycles. The zero-order chi connectivity index (χ0) is 15.8. The summed E-state index contributed by atoms with van der Waals surface area (Å²) in [6.45, 7) is 2.45. The largest absolute Gasteiger partial charge is 0.367 e. The minimum absolute atomic E-state index is 0.0449. The highest BCUT2D eigenvalue weighted by molar-refractivity contribution is 5.58. The Morgan fingerprint density at radius 2 is 2.22 bits per heavy atom. The lowest BCUT2D eigenvalue weighted by Gasteiger charge is -2.39. The van der Waals surface area contributed by atoms with Crippen molar-refractivity contribution in [3.05, 3.63) is 35.7 Å². The summed E-state index contributed by atoms with van der Waals surface area (Å²) < 4.78 is 5.51. The predicted octanol–water partition coefficient (Wildman–Crippen LogP) is 1.71. The van der Waals surface area contributed by atoms with Crippen LogP contribution in [0, 0.1) is 11.3 Å². The van der Waals surface area contributed by atoms with Crippen LogP contribution in [0.4, 0.5) is 5.69 Å². The van der Waals surface area contributed by atoms with E-state index in [0.29, 0.717) is 17.4 Å². The van der Waals surface area contributed by atoms with Crippen LogP contribution in [0.3, 0.4) is 0 Å². The summed E-state index contributed by atoms with van der Waals surface area (Å²) in [6.07, 6.45) is 5.66. The van der Waals surface area contributed by atoms with Crippen LogP contribution in [-0.4, -0.2) is 46.7 Å². The van der Waals surface area contributed by atoms with Crippen LogP contribution in [0.2, 0.25) is 0 Å². The molecule has 2 fully saturated rings. The average Bonchev–Trinajstić information content (AvgIpc) is 3.33. The summed E-state index contributed by atoms with van der Waals surface area (Å²) in [4.78, 5) is 13.1. The van der Waals surface area contributed by atoms with Crippen molar-refractivity contribution in [3.63, 3.8) is 0 Å². The number of hydrogen-bond acceptors (Lipinski definition) is 7. The van der Waals surface area contributed by atoms with E-state index in [2.05, 4.69) is 38.0 Å². The highest BCUT2D eigenvalue weighted by Crippen LogP contribution is 2.39. The molecule has 0 amide bonds. The molecular weight excluding hydrogens is 292 g/mol. The van der Waals surface area contributed by atoms with Crippen molar-refractivity contribution in [2.75, 3.05) is 31.6 Å². The highest BCUT2D eigenvalue weighted by atomic mass is 16.5. The Balaban J connectivity index is 1.58. The molecule has 0 radical (unpaired) electrons. The fourth-order valence-electron chi connectivity index (χ4n) is 3.00. The van der Waals surface area contributed by atoms with Gasteiger partial charge in [-0.25, -0.2) is 0 Å². The van der Waals surface area contributed by atoms with Gasteiger partial charge in [0.2, 0.25) is 5.89 Å². The standard InChI is InChI=1S/C16H18N6O/c1-21-6-7-22(13-4-5-18-9-12(13)8-17)10-14(21)16-19-15(20-23-16)11-2-3-11/h4-5,9,11,14H,2-3,6-7,10H2,1H3/t14-/m1/s1. The first-order valence-electron chi connectivity index (χ1n) is 7.89. The number of anilines is 1. The number of likely N-dealkylation sites (N-methyl/N-ethyl adjacent to an activating group) is 1. The Hall–Kier alpha value is -2.46. The molecule has 2 aromatic heterocycles. The molecule has 0 spiro atoms. The topological polar surface area (TPSA) is 82.1 Å². The van der Waals surface area contributed by atoms with Gasteiger partial charge in [0.25, 0.3) is 0 Å². The molecule has 2 aliphatic rings. The third kappa shape index (κ3) is 2.66. The van der Waals surface area contributed by atoms with Gasteiger partial charge in [-0.1, -0.05) is 5.16 Å². The Labute approximate surface area is 134 Å². The summed E-state index contributed by atoms with van der Waals surface area (Å²) in [6, 6.07) is 4.15. The third-order valence-corrected chi connectivity index (χ3v) is 4.59. The van der Waals surface area contributed by atoms with E-state index in [0.717, 1.165) is 44.0 Å². The van der Waals surface area contributed by atoms with E-state index in [1.54, 1.807) is 12.4 Å². The number of aromatic nitrogens is 3. The van der Waals surface area contributed by atoms with Gasteiger partial charge in [0.15, 0.2) is 5.82 Å². The lowest BCUT2D eigenvalue weighted by Crippen LogP contribution is -2.47. The maximum Gasteiger partial charge on any atom is 0.245 e. The number of nitrogens with zero attached hydrogens (tertiary/aromatic N) is 6. The van der Waals surface area contributed by atoms with Gasteiger partial charge < -0.3 is 9.42 Å². The van der Waals surface area contributed by atoms with Gasteiger partial charge in [-0.2, -0.15) is 10.2 Å². The molecule has 4 rings (SSSR count). The van der Waals surface area contributed by atoms with E-state index in [1.165, 1.54) is 0 Å². The Kier molecular flexibility index (Phi) is 3.46. The van der Waals surface area contributed by atoms with E-state index in [4.69, 9.17) is 4.52 Å². The van der Waals surface area contributed by atoms with Crippen molar-refractivity contribution in [2.45, 2.75) is 24.8 Å². The summed E-state index contributed by atoms with van der Waals surface area (Å²) in [5.74, 6) is 2.00. The smallest absolute Gasteiger partial charge is 0.245 e. The second-order valence-corrected chi connectivity index (χ2v) is 6.21. The molecule has 2 aromatic rings. The van der Waals surface area contributed by atoms with Gasteiger partial charge in [-0.05, 0) is 26.0 Å². The minimum atomic E-state index is 0.0449. The van der Waals surface area contributed by atoms with E-state index >= 15 is 0 Å². The summed E-state index contributed by atoms with van der Waals surface area (Å²) in [5.41, 5.74) is 1.52. The Morgan fingerprint density at radius 3 is 3.00 bits per heavy atom. The van der Waals surface area contributed by atoms with E-state index in [-0.39, 0.29) is 6.04 Å². The number of rotatable bonds is 3. The fourth-order valence-corrected chi connectivity index (χ4v) is 3.00. The molecular formula is C16H18N6O. The molecule has 3 heterocycles. The van der Waals surface area contributed by atoms with Crippen LogP contribution >= 0.6 is 0 Å². The van der Waals surface area contributed by atoms with Crippen molar-refractivity contribution in [3.8, 4) is 6.07 Å². The monoisotopic (exact) mass is 310 g/mol. The van der Waals surface area contributed by atoms with Gasteiger partial charge >= 0.3 is 0 Å². The second kappa shape index (κ2) is 5.63. The fraction of sp³-hybridized carbons (Fsp3) is 0.500. The predicted molar refractivity (Wildman–Crippen MR) is 82.8 cm³/mol. The van der Waals surface area contributed by atoms with Crippen LogP contribution in [-0.2, 0) is 0 Å². The molecule has 1 aliphatic heterocycles. The lowest BCUT2D eigenvalue weighted by molar-refractivity contribution is 0.177. The van der Waals surface area contributed by atoms with Crippen LogP contribution < -0.4 is 4.90 Å². The average molecular weight is 310 g/mol. The van der Waals surface area contributed by atoms with Gasteiger partial charge in [0.1, 0.15) is 12.1 Å². The van der Waals surface area contributed by atoms with E-state index < -0.39 is 0 Å². The third-order valence-electron chi connectivity index (χ3n) is 4.59. The number of hydrogen-bond donors (Lipinski definition) is 0. The van der Waals surface area contributed by atoms with E-state index in [1.807, 2.05) is 6.07 Å². The summed E-state index contributed by atoms with van der Waals surface area (Å²) >= 11 is 0. The quantitative estimate of drug-likeness (QED) is 0.853.